The summed E-state index contributed by atoms with van der Waals surface area (Å²) in [6, 6.07) is 19.4. The van der Waals surface area contributed by atoms with Crippen molar-refractivity contribution in [1.82, 2.24) is 9.80 Å². The number of hydrogen-bond acceptors (Lipinski definition) is 5. The predicted molar refractivity (Wildman–Crippen MR) is 150 cm³/mol. The zero-order chi connectivity index (χ0) is 26.0. The lowest BCUT2D eigenvalue weighted by Gasteiger charge is -2.51. The fourth-order valence-electron chi connectivity index (χ4n) is 6.98. The molecule has 2 aromatic carbocycles. The molecule has 0 unspecified atom stereocenters. The molecule has 1 aliphatic carbocycles. The number of amides is 2. The number of piperazine rings is 1. The van der Waals surface area contributed by atoms with Crippen LogP contribution in [0.4, 0.5) is 16.2 Å². The molecule has 0 bridgehead atoms. The largest absolute Gasteiger partial charge is 0.369 e. The number of carbonyl (C=O) groups is 1. The highest BCUT2D eigenvalue weighted by atomic mass is 16.7. The molecule has 204 valence electrons. The molecule has 1 saturated carbocycles. The van der Waals surface area contributed by atoms with Crippen LogP contribution in [0.25, 0.3) is 0 Å². The van der Waals surface area contributed by atoms with Crippen LogP contribution in [0.1, 0.15) is 51.0 Å². The molecule has 7 nitrogen and oxygen atoms in total. The van der Waals surface area contributed by atoms with Gasteiger partial charge in [-0.05, 0) is 61.4 Å². The Morgan fingerprint density at radius 3 is 2.21 bits per heavy atom. The van der Waals surface area contributed by atoms with Gasteiger partial charge in [0.25, 0.3) is 0 Å². The summed E-state index contributed by atoms with van der Waals surface area (Å²) >= 11 is 0. The predicted octanol–water partition coefficient (Wildman–Crippen LogP) is 5.29. The quantitative estimate of drug-likeness (QED) is 0.597. The average Bonchev–Trinajstić information content (AvgIpc) is 3.42. The molecule has 4 fully saturated rings. The van der Waals surface area contributed by atoms with Gasteiger partial charge in [0.15, 0.2) is 5.79 Å². The zero-order valence-corrected chi connectivity index (χ0v) is 22.7. The fraction of sp³-hybridized carbons (Fsp3) is 0.581. The standard InChI is InChI=1S/C31H42N4O3/c1-25-10-12-30(13-11-25,35-20-18-33(19-21-35)28-8-3-2-4-9-28)26-6-5-7-27(24-26)32-29(36)34-16-14-31(15-17-34)37-22-23-38-31/h2-9,24-25H,10-23H2,1H3,(H,32,36). The van der Waals surface area contributed by atoms with Gasteiger partial charge >= 0.3 is 6.03 Å². The van der Waals surface area contributed by atoms with E-state index in [9.17, 15) is 4.79 Å². The Morgan fingerprint density at radius 1 is 0.842 bits per heavy atom. The van der Waals surface area contributed by atoms with Crippen LogP contribution in [0.2, 0.25) is 0 Å². The molecule has 6 rings (SSSR count). The second-order valence-electron chi connectivity index (χ2n) is 11.6. The highest BCUT2D eigenvalue weighted by Gasteiger charge is 2.43. The molecule has 0 atom stereocenters. The summed E-state index contributed by atoms with van der Waals surface area (Å²) in [6.07, 6.45) is 6.30. The third kappa shape index (κ3) is 5.16. The van der Waals surface area contributed by atoms with Crippen molar-refractivity contribution in [1.29, 1.82) is 0 Å². The van der Waals surface area contributed by atoms with E-state index in [1.165, 1.54) is 36.9 Å². The van der Waals surface area contributed by atoms with Crippen molar-refractivity contribution < 1.29 is 14.3 Å². The minimum atomic E-state index is -0.467. The van der Waals surface area contributed by atoms with Crippen LogP contribution in [-0.2, 0) is 15.0 Å². The molecule has 2 amide bonds. The summed E-state index contributed by atoms with van der Waals surface area (Å²) < 4.78 is 11.7. The van der Waals surface area contributed by atoms with E-state index >= 15 is 0 Å². The molecule has 4 aliphatic rings. The molecule has 0 radical (unpaired) electrons. The van der Waals surface area contributed by atoms with Gasteiger partial charge in [-0.15, -0.1) is 0 Å². The molecule has 3 heterocycles. The first-order chi connectivity index (χ1) is 18.6. The minimum Gasteiger partial charge on any atom is -0.369 e. The van der Waals surface area contributed by atoms with E-state index < -0.39 is 5.79 Å². The normalized spacial score (nSPS) is 28.0. The average molecular weight is 519 g/mol. The number of benzene rings is 2. The summed E-state index contributed by atoms with van der Waals surface area (Å²) in [4.78, 5) is 20.3. The van der Waals surface area contributed by atoms with E-state index in [0.717, 1.165) is 50.6 Å². The second kappa shape index (κ2) is 10.9. The maximum absolute atomic E-state index is 13.2. The first-order valence-corrected chi connectivity index (χ1v) is 14.5. The summed E-state index contributed by atoms with van der Waals surface area (Å²) in [7, 11) is 0. The van der Waals surface area contributed by atoms with Gasteiger partial charge in [0.1, 0.15) is 0 Å². The number of urea groups is 1. The number of ether oxygens (including phenoxy) is 2. The number of para-hydroxylation sites is 1. The highest BCUT2D eigenvalue weighted by molar-refractivity contribution is 5.89. The van der Waals surface area contributed by atoms with Crippen molar-refractivity contribution in [2.45, 2.75) is 56.8 Å². The van der Waals surface area contributed by atoms with Gasteiger partial charge in [-0.1, -0.05) is 37.3 Å². The van der Waals surface area contributed by atoms with Crippen LogP contribution in [-0.4, -0.2) is 74.1 Å². The van der Waals surface area contributed by atoms with Gasteiger partial charge in [0, 0.05) is 69.0 Å². The first-order valence-electron chi connectivity index (χ1n) is 14.5. The van der Waals surface area contributed by atoms with Gasteiger partial charge in [-0.2, -0.15) is 0 Å². The van der Waals surface area contributed by atoms with E-state index in [2.05, 4.69) is 70.6 Å². The Kier molecular flexibility index (Phi) is 7.34. The molecule has 7 heteroatoms. The zero-order valence-electron chi connectivity index (χ0n) is 22.7. The Labute approximate surface area is 227 Å². The third-order valence-corrected chi connectivity index (χ3v) is 9.38. The van der Waals surface area contributed by atoms with Gasteiger partial charge in [0.2, 0.25) is 0 Å². The van der Waals surface area contributed by atoms with Crippen LogP contribution < -0.4 is 10.2 Å². The number of anilines is 2. The van der Waals surface area contributed by atoms with Crippen molar-refractivity contribution in [2.24, 2.45) is 5.92 Å². The van der Waals surface area contributed by atoms with Crippen molar-refractivity contribution in [3.63, 3.8) is 0 Å². The lowest BCUT2D eigenvalue weighted by Crippen LogP contribution is -2.56. The number of carbonyl (C=O) groups excluding carboxylic acids is 1. The van der Waals surface area contributed by atoms with Crippen LogP contribution in [0.5, 0.6) is 0 Å². The molecule has 1 N–H and O–H groups in total. The number of piperidine rings is 1. The maximum atomic E-state index is 13.2. The van der Waals surface area contributed by atoms with E-state index in [4.69, 9.17) is 9.47 Å². The molecular formula is C31H42N4O3. The number of hydrogen-bond donors (Lipinski definition) is 1. The first kappa shape index (κ1) is 25.7. The Hall–Kier alpha value is -2.61. The maximum Gasteiger partial charge on any atom is 0.321 e. The van der Waals surface area contributed by atoms with E-state index in [1.807, 2.05) is 11.0 Å². The minimum absolute atomic E-state index is 0.0298. The molecule has 3 aliphatic heterocycles. The van der Waals surface area contributed by atoms with Crippen molar-refractivity contribution in [3.8, 4) is 0 Å². The van der Waals surface area contributed by atoms with Crippen LogP contribution >= 0.6 is 0 Å². The summed E-state index contributed by atoms with van der Waals surface area (Å²) in [5, 5.41) is 3.21. The van der Waals surface area contributed by atoms with Crippen LogP contribution in [0.3, 0.4) is 0 Å². The van der Waals surface area contributed by atoms with Crippen molar-refractivity contribution >= 4 is 17.4 Å². The van der Waals surface area contributed by atoms with E-state index in [1.54, 1.807) is 0 Å². The number of likely N-dealkylation sites (tertiary alicyclic amines) is 1. The smallest absolute Gasteiger partial charge is 0.321 e. The topological polar surface area (TPSA) is 57.3 Å². The van der Waals surface area contributed by atoms with Crippen molar-refractivity contribution in [3.05, 3.63) is 60.2 Å². The number of nitrogens with one attached hydrogen (secondary N) is 1. The van der Waals surface area contributed by atoms with E-state index in [-0.39, 0.29) is 11.6 Å². The summed E-state index contributed by atoms with van der Waals surface area (Å²) in [5.74, 6) is 0.304. The molecule has 38 heavy (non-hydrogen) atoms. The molecule has 2 aromatic rings. The Morgan fingerprint density at radius 2 is 1.53 bits per heavy atom. The van der Waals surface area contributed by atoms with Gasteiger partial charge in [0.05, 0.1) is 13.2 Å². The Bertz CT molecular complexity index is 1080. The molecule has 3 saturated heterocycles. The lowest BCUT2D eigenvalue weighted by atomic mass is 9.71. The van der Waals surface area contributed by atoms with Crippen LogP contribution in [0.15, 0.2) is 54.6 Å². The Balaban J connectivity index is 1.15. The molecular weight excluding hydrogens is 476 g/mol. The lowest BCUT2D eigenvalue weighted by molar-refractivity contribution is -0.181. The summed E-state index contributed by atoms with van der Waals surface area (Å²) in [6.45, 7) is 9.19. The van der Waals surface area contributed by atoms with Gasteiger partial charge < -0.3 is 24.6 Å². The van der Waals surface area contributed by atoms with Crippen LogP contribution in [0, 0.1) is 5.92 Å². The van der Waals surface area contributed by atoms with E-state index in [0.29, 0.717) is 26.3 Å². The van der Waals surface area contributed by atoms with Gasteiger partial charge in [-0.3, -0.25) is 4.90 Å². The van der Waals surface area contributed by atoms with Crippen molar-refractivity contribution in [2.75, 3.05) is 62.7 Å². The number of rotatable bonds is 4. The highest BCUT2D eigenvalue weighted by Crippen LogP contribution is 2.45. The second-order valence-corrected chi connectivity index (χ2v) is 11.6. The third-order valence-electron chi connectivity index (χ3n) is 9.38. The summed E-state index contributed by atoms with van der Waals surface area (Å²) in [5.41, 5.74) is 3.59. The molecule has 0 aromatic heterocycles. The fourth-order valence-corrected chi connectivity index (χ4v) is 6.98. The SMILES string of the molecule is CC1CCC(c2cccc(NC(=O)N3CCC4(CC3)OCCO4)c2)(N2CCN(c3ccccc3)CC2)CC1. The van der Waals surface area contributed by atoms with Gasteiger partial charge in [-0.25, -0.2) is 4.79 Å². The number of nitrogens with zero attached hydrogens (tertiary/aromatic N) is 3. The molecule has 1 spiro atoms. The monoisotopic (exact) mass is 518 g/mol.